The number of nitrogens with one attached hydrogen (secondary N) is 1. The van der Waals surface area contributed by atoms with Gasteiger partial charge in [-0.25, -0.2) is 0 Å². The lowest BCUT2D eigenvalue weighted by molar-refractivity contribution is 0.512. The highest BCUT2D eigenvalue weighted by Gasteiger charge is 1.94. The molecule has 0 saturated heterocycles. The van der Waals surface area contributed by atoms with E-state index in [0.717, 1.165) is 5.92 Å². The summed E-state index contributed by atoms with van der Waals surface area (Å²) < 4.78 is 0. The Bertz CT molecular complexity index is 115. The zero-order valence-corrected chi connectivity index (χ0v) is 11.7. The first-order valence-electron chi connectivity index (χ1n) is 6.47. The predicted molar refractivity (Wildman–Crippen MR) is 73.8 cm³/mol. The van der Waals surface area contributed by atoms with Crippen LogP contribution in [0.2, 0.25) is 0 Å². The van der Waals surface area contributed by atoms with Crippen LogP contribution in [0.4, 0.5) is 0 Å². The Morgan fingerprint density at radius 3 is 2.27 bits per heavy atom. The van der Waals surface area contributed by atoms with Gasteiger partial charge in [0.25, 0.3) is 0 Å². The van der Waals surface area contributed by atoms with Gasteiger partial charge in [0.2, 0.25) is 0 Å². The van der Waals surface area contributed by atoms with Gasteiger partial charge in [0.15, 0.2) is 0 Å². The summed E-state index contributed by atoms with van der Waals surface area (Å²) in [5.41, 5.74) is 0. The minimum absolute atomic E-state index is 0.884. The van der Waals surface area contributed by atoms with Gasteiger partial charge in [-0.3, -0.25) is 0 Å². The lowest BCUT2D eigenvalue weighted by atomic mass is 10.0. The second kappa shape index (κ2) is 12.4. The summed E-state index contributed by atoms with van der Waals surface area (Å²) in [6.07, 6.45) is 10.5. The van der Waals surface area contributed by atoms with Crippen LogP contribution < -0.4 is 5.32 Å². The quantitative estimate of drug-likeness (QED) is 0.541. The third-order valence-electron chi connectivity index (χ3n) is 2.59. The second-order valence-corrected chi connectivity index (χ2v) is 5.68. The molecular formula is C13H29NS. The van der Waals surface area contributed by atoms with Gasteiger partial charge in [0.05, 0.1) is 0 Å². The van der Waals surface area contributed by atoms with E-state index >= 15 is 0 Å². The molecule has 0 atom stereocenters. The number of unbranched alkanes of at least 4 members (excludes halogenated alkanes) is 3. The van der Waals surface area contributed by atoms with Gasteiger partial charge in [0.1, 0.15) is 0 Å². The van der Waals surface area contributed by atoms with E-state index in [1.54, 1.807) is 0 Å². The minimum Gasteiger partial charge on any atom is -0.317 e. The van der Waals surface area contributed by atoms with Crippen molar-refractivity contribution < 1.29 is 0 Å². The Kier molecular flexibility index (Phi) is 12.6. The second-order valence-electron chi connectivity index (χ2n) is 4.69. The number of rotatable bonds is 11. The Morgan fingerprint density at radius 2 is 1.60 bits per heavy atom. The molecule has 0 fully saturated rings. The SMILES string of the molecule is CSCCCNCCCCCCC(C)C. The fraction of sp³-hybridized carbons (Fsp3) is 1.00. The summed E-state index contributed by atoms with van der Waals surface area (Å²) >= 11 is 1.94. The first-order chi connectivity index (χ1) is 7.27. The van der Waals surface area contributed by atoms with Crippen molar-refractivity contribution in [2.45, 2.75) is 52.4 Å². The average Bonchev–Trinajstić information content (AvgIpc) is 2.20. The molecule has 0 aliphatic rings. The van der Waals surface area contributed by atoms with Crippen LogP contribution >= 0.6 is 11.8 Å². The van der Waals surface area contributed by atoms with E-state index in [4.69, 9.17) is 0 Å². The van der Waals surface area contributed by atoms with Crippen molar-refractivity contribution in [1.82, 2.24) is 5.32 Å². The van der Waals surface area contributed by atoms with E-state index in [0.29, 0.717) is 0 Å². The molecule has 92 valence electrons. The maximum absolute atomic E-state index is 3.51. The number of hydrogen-bond donors (Lipinski definition) is 1. The largest absolute Gasteiger partial charge is 0.317 e. The summed E-state index contributed by atoms with van der Waals surface area (Å²) in [4.78, 5) is 0. The van der Waals surface area contributed by atoms with Crippen LogP contribution in [0.5, 0.6) is 0 Å². The molecule has 0 radical (unpaired) electrons. The molecule has 0 aliphatic heterocycles. The smallest absolute Gasteiger partial charge is 0.00411 e. The molecule has 0 unspecified atom stereocenters. The monoisotopic (exact) mass is 231 g/mol. The van der Waals surface area contributed by atoms with E-state index in [2.05, 4.69) is 25.4 Å². The van der Waals surface area contributed by atoms with E-state index in [-0.39, 0.29) is 0 Å². The molecule has 0 aromatic rings. The van der Waals surface area contributed by atoms with Crippen molar-refractivity contribution in [3.05, 3.63) is 0 Å². The first-order valence-corrected chi connectivity index (χ1v) is 7.86. The van der Waals surface area contributed by atoms with Gasteiger partial charge in [0, 0.05) is 0 Å². The Balaban J connectivity index is 2.87. The van der Waals surface area contributed by atoms with Crippen LogP contribution in [0.25, 0.3) is 0 Å². The molecule has 15 heavy (non-hydrogen) atoms. The Morgan fingerprint density at radius 1 is 0.933 bits per heavy atom. The zero-order chi connectivity index (χ0) is 11.4. The molecule has 0 saturated carbocycles. The van der Waals surface area contributed by atoms with Gasteiger partial charge in [-0.2, -0.15) is 11.8 Å². The summed E-state index contributed by atoms with van der Waals surface area (Å²) in [7, 11) is 0. The topological polar surface area (TPSA) is 12.0 Å². The fourth-order valence-electron chi connectivity index (χ4n) is 1.62. The van der Waals surface area contributed by atoms with Crippen molar-refractivity contribution >= 4 is 11.8 Å². The summed E-state index contributed by atoms with van der Waals surface area (Å²) in [5, 5.41) is 3.51. The molecule has 1 N–H and O–H groups in total. The molecule has 2 heteroatoms. The summed E-state index contributed by atoms with van der Waals surface area (Å²) in [5.74, 6) is 2.18. The number of hydrogen-bond acceptors (Lipinski definition) is 2. The van der Waals surface area contributed by atoms with Gasteiger partial charge in [-0.1, -0.05) is 39.5 Å². The Labute approximate surface area is 101 Å². The third-order valence-corrected chi connectivity index (χ3v) is 3.28. The van der Waals surface area contributed by atoms with Crippen molar-refractivity contribution in [3.8, 4) is 0 Å². The maximum atomic E-state index is 3.51. The predicted octanol–water partition coefficient (Wildman–Crippen LogP) is 3.94. The van der Waals surface area contributed by atoms with Crippen molar-refractivity contribution in [1.29, 1.82) is 0 Å². The highest BCUT2D eigenvalue weighted by Crippen LogP contribution is 2.08. The van der Waals surface area contributed by atoms with Crippen molar-refractivity contribution in [3.63, 3.8) is 0 Å². The molecular weight excluding hydrogens is 202 g/mol. The number of thioether (sulfide) groups is 1. The summed E-state index contributed by atoms with van der Waals surface area (Å²) in [6.45, 7) is 7.05. The van der Waals surface area contributed by atoms with Gasteiger partial charge >= 0.3 is 0 Å². The zero-order valence-electron chi connectivity index (χ0n) is 10.8. The van der Waals surface area contributed by atoms with Crippen LogP contribution in [-0.4, -0.2) is 25.1 Å². The highest BCUT2D eigenvalue weighted by molar-refractivity contribution is 7.98. The van der Waals surface area contributed by atoms with Crippen LogP contribution in [0.3, 0.4) is 0 Å². The van der Waals surface area contributed by atoms with E-state index in [1.165, 1.54) is 57.4 Å². The minimum atomic E-state index is 0.884. The third kappa shape index (κ3) is 14.3. The van der Waals surface area contributed by atoms with E-state index in [1.807, 2.05) is 11.8 Å². The van der Waals surface area contributed by atoms with Crippen LogP contribution in [0.15, 0.2) is 0 Å². The first kappa shape index (κ1) is 15.3. The normalized spacial score (nSPS) is 11.2. The van der Waals surface area contributed by atoms with Crippen LogP contribution in [-0.2, 0) is 0 Å². The van der Waals surface area contributed by atoms with Crippen molar-refractivity contribution in [2.24, 2.45) is 5.92 Å². The molecule has 0 bridgehead atoms. The van der Waals surface area contributed by atoms with Gasteiger partial charge < -0.3 is 5.32 Å². The van der Waals surface area contributed by atoms with Gasteiger partial charge in [-0.05, 0) is 43.9 Å². The standard InChI is InChI=1S/C13H29NS/c1-13(2)9-6-4-5-7-10-14-11-8-12-15-3/h13-14H,4-12H2,1-3H3. The van der Waals surface area contributed by atoms with Gasteiger partial charge in [-0.15, -0.1) is 0 Å². The summed E-state index contributed by atoms with van der Waals surface area (Å²) in [6, 6.07) is 0. The average molecular weight is 231 g/mol. The molecule has 0 aromatic heterocycles. The lowest BCUT2D eigenvalue weighted by Gasteiger charge is -2.05. The molecule has 1 nitrogen and oxygen atoms in total. The molecule has 0 aliphatic carbocycles. The Hall–Kier alpha value is 0.310. The van der Waals surface area contributed by atoms with Crippen LogP contribution in [0, 0.1) is 5.92 Å². The molecule has 0 aromatic carbocycles. The van der Waals surface area contributed by atoms with Crippen LogP contribution in [0.1, 0.15) is 52.4 Å². The molecule has 0 spiro atoms. The molecule has 0 amide bonds. The molecule has 0 heterocycles. The lowest BCUT2D eigenvalue weighted by Crippen LogP contribution is -2.17. The van der Waals surface area contributed by atoms with E-state index < -0.39 is 0 Å². The molecule has 0 rings (SSSR count). The fourth-order valence-corrected chi connectivity index (χ4v) is 2.06. The maximum Gasteiger partial charge on any atom is -0.00411 e. The highest BCUT2D eigenvalue weighted by atomic mass is 32.2. The van der Waals surface area contributed by atoms with E-state index in [9.17, 15) is 0 Å². The van der Waals surface area contributed by atoms with Crippen molar-refractivity contribution in [2.75, 3.05) is 25.1 Å².